The van der Waals surface area contributed by atoms with Gasteiger partial charge in [0.2, 0.25) is 0 Å². The minimum absolute atomic E-state index is 0. The molecule has 2 rings (SSSR count). The van der Waals surface area contributed by atoms with Gasteiger partial charge in [-0.1, -0.05) is 51.8 Å². The summed E-state index contributed by atoms with van der Waals surface area (Å²) in [6, 6.07) is 8.13. The van der Waals surface area contributed by atoms with Gasteiger partial charge in [-0.25, -0.2) is 4.79 Å². The predicted octanol–water partition coefficient (Wildman–Crippen LogP) is 9.03. The van der Waals surface area contributed by atoms with E-state index in [0.717, 1.165) is 50.4 Å². The van der Waals surface area contributed by atoms with Crippen LogP contribution >= 0.6 is 0 Å². The number of rotatable bonds is 7. The minimum atomic E-state index is -1.58. The Morgan fingerprint density at radius 1 is 1.07 bits per heavy atom. The van der Waals surface area contributed by atoms with Crippen molar-refractivity contribution >= 4 is 12.4 Å². The monoisotopic (exact) mass is 802 g/mol. The van der Waals surface area contributed by atoms with Crippen LogP contribution in [0.4, 0.5) is 13.6 Å². The first-order valence-corrected chi connectivity index (χ1v) is 14.3. The molecule has 1 aliphatic rings. The van der Waals surface area contributed by atoms with Crippen molar-refractivity contribution in [3.63, 3.8) is 0 Å². The Kier molecular flexibility index (Phi) is 26.4. The summed E-state index contributed by atoms with van der Waals surface area (Å²) >= 11 is 0. The van der Waals surface area contributed by atoms with Gasteiger partial charge in [-0.2, -0.15) is 24.6 Å². The summed E-state index contributed by atoms with van der Waals surface area (Å²) in [6.45, 7) is 25.5. The van der Waals surface area contributed by atoms with E-state index < -0.39 is 12.0 Å². The zero-order chi connectivity index (χ0) is 31.3. The van der Waals surface area contributed by atoms with Crippen molar-refractivity contribution in [3.8, 4) is 0 Å². The van der Waals surface area contributed by atoms with E-state index in [1.54, 1.807) is 4.90 Å². The molecule has 8 heteroatoms. The molecule has 1 fully saturated rings. The second-order valence-corrected chi connectivity index (χ2v) is 10.3. The Balaban J connectivity index is -0.000000791. The van der Waals surface area contributed by atoms with Gasteiger partial charge in [0.05, 0.1) is 0 Å². The number of aryl methyl sites for hydroxylation is 1. The fraction of sp³-hybridized carbons (Fsp3) is 0.576. The van der Waals surface area contributed by atoms with E-state index in [9.17, 15) is 18.4 Å². The Labute approximate surface area is 273 Å². The van der Waals surface area contributed by atoms with Crippen LogP contribution in [0.5, 0.6) is 0 Å². The summed E-state index contributed by atoms with van der Waals surface area (Å²) in [4.78, 5) is 27.4. The summed E-state index contributed by atoms with van der Waals surface area (Å²) in [5.41, 5.74) is 4.24. The predicted molar refractivity (Wildman–Crippen MR) is 164 cm³/mol. The fourth-order valence-electron chi connectivity index (χ4n) is 3.50. The number of halogens is 2. The molecule has 1 aromatic rings. The largest absolute Gasteiger partial charge is 2.00 e. The molecular formula is C33H54F2N2O3U. The van der Waals surface area contributed by atoms with E-state index in [0.29, 0.717) is 25.4 Å². The third-order valence-electron chi connectivity index (χ3n) is 5.73. The van der Waals surface area contributed by atoms with Crippen molar-refractivity contribution in [2.45, 2.75) is 94.1 Å². The van der Waals surface area contributed by atoms with Gasteiger partial charge in [0.15, 0.2) is 0 Å². The summed E-state index contributed by atoms with van der Waals surface area (Å²) in [6.07, 6.45) is 5.98. The zero-order valence-corrected chi connectivity index (χ0v) is 31.3. The van der Waals surface area contributed by atoms with Crippen molar-refractivity contribution in [2.75, 3.05) is 26.2 Å². The topological polar surface area (TPSA) is 49.9 Å². The number of piperazine rings is 1. The number of benzene rings is 1. The van der Waals surface area contributed by atoms with Gasteiger partial charge in [-0.05, 0) is 59.0 Å². The van der Waals surface area contributed by atoms with Crippen LogP contribution in [-0.2, 0) is 9.53 Å². The molecule has 1 aromatic carbocycles. The molecule has 0 bridgehead atoms. The Hall–Kier alpha value is -1.78. The minimum Gasteiger partial charge on any atom is -0.444 e. The smallest absolute Gasteiger partial charge is 0.444 e. The molecule has 0 saturated carbocycles. The number of hydrogen-bond donors (Lipinski definition) is 0. The van der Waals surface area contributed by atoms with Crippen LogP contribution in [0.1, 0.15) is 92.7 Å². The molecule has 1 unspecified atom stereocenters. The third-order valence-corrected chi connectivity index (χ3v) is 5.73. The number of allylic oxidation sites excluding steroid dienone is 3. The first-order valence-electron chi connectivity index (χ1n) is 14.3. The van der Waals surface area contributed by atoms with Crippen LogP contribution in [0.15, 0.2) is 47.7 Å². The number of ether oxygens (including phenoxy) is 1. The number of hydrogen-bond acceptors (Lipinski definition) is 4. The first-order chi connectivity index (χ1) is 18.7. The number of aldehydes is 1. The van der Waals surface area contributed by atoms with Crippen LogP contribution in [0.3, 0.4) is 0 Å². The number of carbonyl (C=O) groups is 2. The first kappa shape index (κ1) is 43.7. The molecule has 1 heterocycles. The van der Waals surface area contributed by atoms with Crippen LogP contribution in [0, 0.1) is 57.3 Å². The van der Waals surface area contributed by atoms with Gasteiger partial charge in [-0.3, -0.25) is 0 Å². The van der Waals surface area contributed by atoms with Gasteiger partial charge in [0, 0.05) is 38.3 Å². The van der Waals surface area contributed by atoms with E-state index in [-0.39, 0.29) is 37.2 Å². The Morgan fingerprint density at radius 3 is 1.90 bits per heavy atom. The molecule has 1 aliphatic heterocycles. The Bertz CT molecular complexity index is 850. The van der Waals surface area contributed by atoms with E-state index in [2.05, 4.69) is 63.8 Å². The maximum absolute atomic E-state index is 12.2. The van der Waals surface area contributed by atoms with Gasteiger partial charge in [-0.15, -0.1) is 19.1 Å². The molecule has 0 spiro atoms. The number of carbonyl (C=O) groups excluding carboxylic acids is 2. The molecule has 1 atom stereocenters. The van der Waals surface area contributed by atoms with Crippen molar-refractivity contribution < 1.29 is 54.2 Å². The maximum Gasteiger partial charge on any atom is 2.00 e. The molecule has 1 amide bonds. The quantitative estimate of drug-likeness (QED) is 0.157. The molecule has 0 radical (unpaired) electrons. The third kappa shape index (κ3) is 22.5. The molecule has 41 heavy (non-hydrogen) atoms. The number of amides is 1. The van der Waals surface area contributed by atoms with Gasteiger partial charge < -0.3 is 28.1 Å². The van der Waals surface area contributed by atoms with Crippen LogP contribution in [0.25, 0.3) is 0 Å². The van der Waals surface area contributed by atoms with E-state index in [1.807, 2.05) is 46.8 Å². The summed E-state index contributed by atoms with van der Waals surface area (Å²) in [5, 5.41) is 0. The maximum atomic E-state index is 12.2. The molecule has 0 aromatic heterocycles. The molecule has 1 saturated heterocycles. The summed E-state index contributed by atoms with van der Waals surface area (Å²) in [7, 11) is 0. The molecule has 232 valence electrons. The normalized spacial score (nSPS) is 14.2. The van der Waals surface area contributed by atoms with Gasteiger partial charge >= 0.3 is 37.2 Å². The summed E-state index contributed by atoms with van der Waals surface area (Å²) in [5.74, 6) is 0.392. The SMILES string of the molecule is CC.CC/C=C(\C=C(\CC=O)C(C)CC)N1CCN(C(=O)OC(C)(C)C)CC1.C[C-](F)F.[CH2-]c1ccc(C)cc1.[U+2]. The summed E-state index contributed by atoms with van der Waals surface area (Å²) < 4.78 is 26.0. The van der Waals surface area contributed by atoms with Crippen molar-refractivity contribution in [3.05, 3.63) is 72.2 Å². The molecule has 5 nitrogen and oxygen atoms in total. The number of nitrogens with zero attached hydrogens (tertiary/aromatic N) is 2. The molecule has 0 N–H and O–H groups in total. The van der Waals surface area contributed by atoms with Gasteiger partial charge in [0.1, 0.15) is 11.9 Å². The van der Waals surface area contributed by atoms with Crippen LogP contribution in [0.2, 0.25) is 0 Å². The average Bonchev–Trinajstić information content (AvgIpc) is 2.89. The second-order valence-electron chi connectivity index (χ2n) is 10.3. The fourth-order valence-corrected chi connectivity index (χ4v) is 3.50. The standard InChI is InChI=1S/C21H36N2O3.C8H9.C2H3F2.C2H6.U/c1-7-9-19(16-18(10-15-24)17(3)8-2)22-11-13-23(14-12-22)20(25)26-21(4,5)6;1-7-3-5-8(2)6-4-7;1-2(3)4;1-2;/h9,15-17H,7-8,10-14H2,1-6H3;3-6H,1H2,2H3;1H3;1-2H3;/q;2*-1;;+2/b18-16-,19-9+;;;;. The Morgan fingerprint density at radius 2 is 1.54 bits per heavy atom. The van der Waals surface area contributed by atoms with E-state index >= 15 is 0 Å². The van der Waals surface area contributed by atoms with Crippen LogP contribution in [-0.4, -0.2) is 54.0 Å². The van der Waals surface area contributed by atoms with Crippen molar-refractivity contribution in [1.82, 2.24) is 9.80 Å². The second kappa shape index (κ2) is 24.8. The molecular weight excluding hydrogens is 748 g/mol. The zero-order valence-electron chi connectivity index (χ0n) is 27.2. The van der Waals surface area contributed by atoms with E-state index in [1.165, 1.54) is 11.1 Å². The van der Waals surface area contributed by atoms with Crippen molar-refractivity contribution in [1.29, 1.82) is 0 Å². The van der Waals surface area contributed by atoms with Gasteiger partial charge in [0.25, 0.3) is 0 Å². The van der Waals surface area contributed by atoms with Crippen molar-refractivity contribution in [2.24, 2.45) is 5.92 Å². The van der Waals surface area contributed by atoms with E-state index in [4.69, 9.17) is 4.74 Å². The molecule has 0 aliphatic carbocycles. The average molecular weight is 803 g/mol. The van der Waals surface area contributed by atoms with Crippen LogP contribution < -0.4 is 0 Å².